The van der Waals surface area contributed by atoms with Crippen molar-refractivity contribution >= 4 is 17.8 Å². The van der Waals surface area contributed by atoms with E-state index in [2.05, 4.69) is 5.32 Å². The van der Waals surface area contributed by atoms with Crippen molar-refractivity contribution in [3.63, 3.8) is 0 Å². The first-order chi connectivity index (χ1) is 12.8. The number of ether oxygens (including phenoxy) is 3. The minimum atomic E-state index is -1.10. The lowest BCUT2D eigenvalue weighted by atomic mass is 10.1. The molecule has 27 heavy (non-hydrogen) atoms. The third-order valence-corrected chi connectivity index (χ3v) is 3.85. The molecule has 1 saturated heterocycles. The second-order valence-electron chi connectivity index (χ2n) is 6.33. The first-order valence-electron chi connectivity index (χ1n) is 8.55. The van der Waals surface area contributed by atoms with Crippen LogP contribution in [-0.2, 0) is 14.3 Å². The zero-order chi connectivity index (χ0) is 20.0. The average Bonchev–Trinajstić information content (AvgIpc) is 2.65. The fourth-order valence-electron chi connectivity index (χ4n) is 2.59. The fourth-order valence-corrected chi connectivity index (χ4v) is 2.59. The quantitative estimate of drug-likeness (QED) is 0.709. The van der Waals surface area contributed by atoms with Gasteiger partial charge in [-0.05, 0) is 32.0 Å². The number of morpholine rings is 1. The number of carboxylic acids is 1. The van der Waals surface area contributed by atoms with Gasteiger partial charge in [-0.2, -0.15) is 0 Å². The fraction of sp³-hybridized carbons (Fsp3) is 0.500. The van der Waals surface area contributed by atoms with Crippen molar-refractivity contribution < 1.29 is 33.7 Å². The molecule has 0 bridgehead atoms. The molecule has 9 heteroatoms. The second kappa shape index (κ2) is 9.22. The Morgan fingerprint density at radius 3 is 2.70 bits per heavy atom. The molecule has 1 atom stereocenters. The van der Waals surface area contributed by atoms with Gasteiger partial charge in [0.25, 0.3) is 11.8 Å². The number of benzene rings is 1. The van der Waals surface area contributed by atoms with E-state index < -0.39 is 12.1 Å². The maximum Gasteiger partial charge on any atom is 0.334 e. The minimum Gasteiger partial charge on any atom is -0.493 e. The highest BCUT2D eigenvalue weighted by Crippen LogP contribution is 2.28. The van der Waals surface area contributed by atoms with Crippen LogP contribution in [0.1, 0.15) is 24.2 Å². The standard InChI is InChI=1S/C18H24N2O7/c1-11(2)19-16(21)10-27-13-5-4-12(8-14(13)25-3)17(22)20-6-7-26-15(9-20)18(23)24/h4-5,8,11,15H,6-7,9-10H2,1-3H3,(H,19,21)(H,23,24). The van der Waals surface area contributed by atoms with Gasteiger partial charge < -0.3 is 29.5 Å². The normalized spacial score (nSPS) is 16.7. The van der Waals surface area contributed by atoms with E-state index in [1.807, 2.05) is 13.8 Å². The Kier molecular flexibility index (Phi) is 7.00. The number of nitrogens with zero attached hydrogens (tertiary/aromatic N) is 1. The molecule has 0 spiro atoms. The number of methoxy groups -OCH3 is 1. The summed E-state index contributed by atoms with van der Waals surface area (Å²) in [5, 5.41) is 11.8. The smallest absolute Gasteiger partial charge is 0.334 e. The Labute approximate surface area is 157 Å². The highest BCUT2D eigenvalue weighted by atomic mass is 16.5. The van der Waals surface area contributed by atoms with Gasteiger partial charge in [-0.3, -0.25) is 9.59 Å². The van der Waals surface area contributed by atoms with Crippen molar-refractivity contribution in [3.8, 4) is 11.5 Å². The summed E-state index contributed by atoms with van der Waals surface area (Å²) < 4.78 is 15.8. The van der Waals surface area contributed by atoms with E-state index in [0.29, 0.717) is 23.6 Å². The van der Waals surface area contributed by atoms with Crippen molar-refractivity contribution in [2.24, 2.45) is 0 Å². The summed E-state index contributed by atoms with van der Waals surface area (Å²) in [5.74, 6) is -1.06. The van der Waals surface area contributed by atoms with Gasteiger partial charge in [0.15, 0.2) is 24.2 Å². The molecule has 9 nitrogen and oxygen atoms in total. The number of aliphatic carboxylic acids is 1. The van der Waals surface area contributed by atoms with Crippen molar-refractivity contribution in [3.05, 3.63) is 23.8 Å². The van der Waals surface area contributed by atoms with Crippen molar-refractivity contribution in [2.75, 3.05) is 33.4 Å². The van der Waals surface area contributed by atoms with Crippen LogP contribution in [0.2, 0.25) is 0 Å². The molecule has 2 amide bonds. The van der Waals surface area contributed by atoms with Gasteiger partial charge in [0.2, 0.25) is 0 Å². The molecule has 2 N–H and O–H groups in total. The number of rotatable bonds is 7. The van der Waals surface area contributed by atoms with E-state index >= 15 is 0 Å². The van der Waals surface area contributed by atoms with Crippen LogP contribution >= 0.6 is 0 Å². The topological polar surface area (TPSA) is 114 Å². The summed E-state index contributed by atoms with van der Waals surface area (Å²) in [5.41, 5.74) is 0.330. The van der Waals surface area contributed by atoms with Crippen LogP contribution in [0.5, 0.6) is 11.5 Å². The lowest BCUT2D eigenvalue weighted by molar-refractivity contribution is -0.154. The molecule has 0 saturated carbocycles. The monoisotopic (exact) mass is 380 g/mol. The van der Waals surface area contributed by atoms with E-state index in [9.17, 15) is 14.4 Å². The molecule has 0 aromatic heterocycles. The van der Waals surface area contributed by atoms with Crippen LogP contribution in [0.3, 0.4) is 0 Å². The molecule has 0 aliphatic carbocycles. The summed E-state index contributed by atoms with van der Waals surface area (Å²) in [7, 11) is 1.43. The maximum atomic E-state index is 12.7. The molecule has 0 radical (unpaired) electrons. The Morgan fingerprint density at radius 2 is 2.07 bits per heavy atom. The van der Waals surface area contributed by atoms with E-state index in [1.165, 1.54) is 18.1 Å². The highest BCUT2D eigenvalue weighted by molar-refractivity contribution is 5.95. The molecule has 2 rings (SSSR count). The van der Waals surface area contributed by atoms with Crippen LogP contribution in [0.4, 0.5) is 0 Å². The van der Waals surface area contributed by atoms with E-state index in [0.717, 1.165) is 0 Å². The first-order valence-corrected chi connectivity index (χ1v) is 8.55. The zero-order valence-electron chi connectivity index (χ0n) is 15.6. The highest BCUT2D eigenvalue weighted by Gasteiger charge is 2.29. The van der Waals surface area contributed by atoms with Gasteiger partial charge in [-0.1, -0.05) is 0 Å². The van der Waals surface area contributed by atoms with Crippen LogP contribution in [-0.4, -0.2) is 73.3 Å². The maximum absolute atomic E-state index is 12.7. The van der Waals surface area contributed by atoms with Gasteiger partial charge in [-0.25, -0.2) is 4.79 Å². The zero-order valence-corrected chi connectivity index (χ0v) is 15.6. The molecule has 1 heterocycles. The summed E-state index contributed by atoms with van der Waals surface area (Å²) in [6.07, 6.45) is -1.04. The second-order valence-corrected chi connectivity index (χ2v) is 6.33. The van der Waals surface area contributed by atoms with Crippen LogP contribution < -0.4 is 14.8 Å². The molecule has 1 aliphatic heterocycles. The largest absolute Gasteiger partial charge is 0.493 e. The summed E-state index contributed by atoms with van der Waals surface area (Å²) in [4.78, 5) is 36.8. The first kappa shape index (κ1) is 20.5. The van der Waals surface area contributed by atoms with Gasteiger partial charge in [-0.15, -0.1) is 0 Å². The molecule has 1 aromatic carbocycles. The third kappa shape index (κ3) is 5.58. The molecule has 1 unspecified atom stereocenters. The number of carbonyl (C=O) groups excluding carboxylic acids is 2. The number of carboxylic acid groups (broad SMARTS) is 1. The molecule has 1 aromatic rings. The van der Waals surface area contributed by atoms with Crippen LogP contribution in [0.15, 0.2) is 18.2 Å². The summed E-state index contributed by atoms with van der Waals surface area (Å²) in [6, 6.07) is 4.60. The lowest BCUT2D eigenvalue weighted by Crippen LogP contribution is -2.48. The van der Waals surface area contributed by atoms with Gasteiger partial charge in [0.05, 0.1) is 20.3 Å². The van der Waals surface area contributed by atoms with E-state index in [1.54, 1.807) is 12.1 Å². The molecular weight excluding hydrogens is 356 g/mol. The minimum absolute atomic E-state index is 0.00569. The average molecular weight is 380 g/mol. The lowest BCUT2D eigenvalue weighted by Gasteiger charge is -2.31. The predicted molar refractivity (Wildman–Crippen MR) is 95.0 cm³/mol. The number of hydrogen-bond donors (Lipinski definition) is 2. The van der Waals surface area contributed by atoms with Crippen LogP contribution in [0.25, 0.3) is 0 Å². The van der Waals surface area contributed by atoms with Crippen molar-refractivity contribution in [1.82, 2.24) is 10.2 Å². The summed E-state index contributed by atoms with van der Waals surface area (Å²) >= 11 is 0. The number of carbonyl (C=O) groups is 3. The number of nitrogens with one attached hydrogen (secondary N) is 1. The predicted octanol–water partition coefficient (Wildman–Crippen LogP) is 0.524. The molecular formula is C18H24N2O7. The summed E-state index contributed by atoms with van der Waals surface area (Å²) in [6.45, 7) is 3.96. The Balaban J connectivity index is 2.07. The molecule has 1 aliphatic rings. The molecule has 148 valence electrons. The number of amides is 2. The SMILES string of the molecule is COc1cc(C(=O)N2CCOC(C(=O)O)C2)ccc1OCC(=O)NC(C)C. The Morgan fingerprint density at radius 1 is 1.33 bits per heavy atom. The van der Waals surface area contributed by atoms with E-state index in [4.69, 9.17) is 19.3 Å². The number of hydrogen-bond acceptors (Lipinski definition) is 6. The van der Waals surface area contributed by atoms with Gasteiger partial charge in [0, 0.05) is 18.2 Å². The van der Waals surface area contributed by atoms with Gasteiger partial charge >= 0.3 is 5.97 Å². The Bertz CT molecular complexity index is 705. The van der Waals surface area contributed by atoms with Crippen molar-refractivity contribution in [1.29, 1.82) is 0 Å². The van der Waals surface area contributed by atoms with Crippen LogP contribution in [0, 0.1) is 0 Å². The Hall–Kier alpha value is -2.81. The van der Waals surface area contributed by atoms with Crippen molar-refractivity contribution in [2.45, 2.75) is 26.0 Å². The van der Waals surface area contributed by atoms with E-state index in [-0.39, 0.29) is 37.6 Å². The van der Waals surface area contributed by atoms with Gasteiger partial charge in [0.1, 0.15) is 0 Å². The third-order valence-electron chi connectivity index (χ3n) is 3.85. The molecule has 1 fully saturated rings.